The minimum absolute atomic E-state index is 0.0871. The molecule has 0 atom stereocenters. The van der Waals surface area contributed by atoms with Crippen LogP contribution in [0.5, 0.6) is 0 Å². The molecule has 0 aromatic carbocycles. The van der Waals surface area contributed by atoms with Gasteiger partial charge in [-0.3, -0.25) is 18.9 Å². The van der Waals surface area contributed by atoms with Gasteiger partial charge in [0.2, 0.25) is 0 Å². The van der Waals surface area contributed by atoms with E-state index >= 15 is 0 Å². The third-order valence-corrected chi connectivity index (χ3v) is 6.96. The second kappa shape index (κ2) is 23.5. The summed E-state index contributed by atoms with van der Waals surface area (Å²) in [4.78, 5) is 33.3. The molecule has 3 N–H and O–H groups in total. The first-order chi connectivity index (χ1) is 17.3. The first-order valence-corrected chi connectivity index (χ1v) is 14.5. The Balaban J connectivity index is 4.06. The number of carbonyl (C=O) groups is 3. The van der Waals surface area contributed by atoms with Crippen LogP contribution in [0.15, 0.2) is 12.3 Å². The fraction of sp³-hybridized carbons (Fsp3) is 0.828. The van der Waals surface area contributed by atoms with E-state index in [4.69, 9.17) is 15.3 Å². The lowest BCUT2D eigenvalue weighted by Crippen LogP contribution is -2.47. The number of carboxylic acid groups (broad SMARTS) is 3. The van der Waals surface area contributed by atoms with Gasteiger partial charge in [0.15, 0.2) is 0 Å². The van der Waals surface area contributed by atoms with Gasteiger partial charge in [0.1, 0.15) is 0 Å². The van der Waals surface area contributed by atoms with Crippen molar-refractivity contribution in [3.8, 4) is 0 Å². The molecule has 0 aliphatic heterocycles. The van der Waals surface area contributed by atoms with E-state index in [-0.39, 0.29) is 43.4 Å². The van der Waals surface area contributed by atoms with Crippen LogP contribution in [-0.4, -0.2) is 57.3 Å². The second-order valence-electron chi connectivity index (χ2n) is 10.3. The first kappa shape index (κ1) is 34.1. The molecular formula is C29H54NO6+. The fourth-order valence-corrected chi connectivity index (χ4v) is 4.62. The van der Waals surface area contributed by atoms with Gasteiger partial charge < -0.3 is 15.3 Å². The average Bonchev–Trinajstić information content (AvgIpc) is 2.83. The third-order valence-electron chi connectivity index (χ3n) is 6.96. The number of unbranched alkanes of at least 4 members (excludes halogenated alkanes) is 16. The van der Waals surface area contributed by atoms with Gasteiger partial charge in [-0.25, -0.2) is 0 Å². The monoisotopic (exact) mass is 512 g/mol. The van der Waals surface area contributed by atoms with Gasteiger partial charge in [0.25, 0.3) is 0 Å². The summed E-state index contributed by atoms with van der Waals surface area (Å²) in [5.74, 6) is -2.89. The Hall–Kier alpha value is -1.89. The van der Waals surface area contributed by atoms with Crippen molar-refractivity contribution in [3.05, 3.63) is 12.3 Å². The molecule has 0 aromatic heterocycles. The lowest BCUT2D eigenvalue weighted by molar-refractivity contribution is -0.878. The van der Waals surface area contributed by atoms with Crippen LogP contribution in [0, 0.1) is 0 Å². The Morgan fingerprint density at radius 1 is 0.528 bits per heavy atom. The van der Waals surface area contributed by atoms with Crippen LogP contribution < -0.4 is 0 Å². The SMILES string of the molecule is CCCCCCCCCCCCCCCCCC/C=C/[N+](CCC(=O)O)(CCC(=O)O)CCC(=O)O. The zero-order chi connectivity index (χ0) is 26.9. The van der Waals surface area contributed by atoms with Gasteiger partial charge in [-0.1, -0.05) is 103 Å². The third kappa shape index (κ3) is 22.6. The van der Waals surface area contributed by atoms with Gasteiger partial charge in [-0.05, 0) is 18.9 Å². The van der Waals surface area contributed by atoms with Crippen LogP contribution in [0.3, 0.4) is 0 Å². The Bertz CT molecular complexity index is 559. The predicted octanol–water partition coefficient (Wildman–Crippen LogP) is 7.39. The van der Waals surface area contributed by atoms with E-state index in [1.54, 1.807) is 0 Å². The molecule has 0 unspecified atom stereocenters. The molecule has 0 aromatic rings. The zero-order valence-electron chi connectivity index (χ0n) is 22.9. The van der Waals surface area contributed by atoms with Crippen LogP contribution in [0.25, 0.3) is 0 Å². The molecule has 0 fully saturated rings. The number of nitrogens with zero attached hydrogens (tertiary/aromatic N) is 1. The fourth-order valence-electron chi connectivity index (χ4n) is 4.62. The number of rotatable bonds is 27. The normalized spacial score (nSPS) is 11.8. The number of allylic oxidation sites excluding steroid dienone is 1. The van der Waals surface area contributed by atoms with Gasteiger partial charge in [0.05, 0.1) is 45.1 Å². The van der Waals surface area contributed by atoms with Crippen LogP contribution in [0.1, 0.15) is 135 Å². The van der Waals surface area contributed by atoms with Gasteiger partial charge in [0, 0.05) is 0 Å². The van der Waals surface area contributed by atoms with Crippen molar-refractivity contribution in [3.63, 3.8) is 0 Å². The van der Waals surface area contributed by atoms with Crippen LogP contribution in [0.4, 0.5) is 0 Å². The minimum atomic E-state index is -0.964. The molecule has 0 saturated carbocycles. The summed E-state index contributed by atoms with van der Waals surface area (Å²) in [6.07, 6.45) is 25.4. The highest BCUT2D eigenvalue weighted by atomic mass is 16.4. The number of quaternary nitrogens is 1. The number of carboxylic acids is 3. The van der Waals surface area contributed by atoms with Crippen molar-refractivity contribution < 1.29 is 34.2 Å². The summed E-state index contributed by atoms with van der Waals surface area (Å²) in [7, 11) is 0. The van der Waals surface area contributed by atoms with E-state index in [1.165, 1.54) is 89.9 Å². The van der Waals surface area contributed by atoms with E-state index in [0.717, 1.165) is 19.3 Å². The van der Waals surface area contributed by atoms with E-state index in [2.05, 4.69) is 6.92 Å². The van der Waals surface area contributed by atoms with Crippen molar-refractivity contribution in [2.75, 3.05) is 19.6 Å². The second-order valence-corrected chi connectivity index (χ2v) is 10.3. The maximum atomic E-state index is 11.1. The van der Waals surface area contributed by atoms with Crippen molar-refractivity contribution >= 4 is 17.9 Å². The highest BCUT2D eigenvalue weighted by Crippen LogP contribution is 2.17. The molecule has 0 bridgehead atoms. The molecule has 0 spiro atoms. The highest BCUT2D eigenvalue weighted by molar-refractivity contribution is 5.67. The maximum absolute atomic E-state index is 11.1. The summed E-state index contributed by atoms with van der Waals surface area (Å²) >= 11 is 0. The molecule has 0 aliphatic rings. The summed E-state index contributed by atoms with van der Waals surface area (Å²) in [5, 5.41) is 27.3. The molecule has 0 rings (SSSR count). The molecule has 0 saturated heterocycles. The van der Waals surface area contributed by atoms with Crippen molar-refractivity contribution in [2.45, 2.75) is 135 Å². The number of hydrogen-bond donors (Lipinski definition) is 3. The highest BCUT2D eigenvalue weighted by Gasteiger charge is 2.27. The van der Waals surface area contributed by atoms with Crippen molar-refractivity contribution in [1.82, 2.24) is 0 Å². The van der Waals surface area contributed by atoms with Crippen LogP contribution in [0.2, 0.25) is 0 Å². The predicted molar refractivity (Wildman–Crippen MR) is 145 cm³/mol. The number of aliphatic carboxylic acids is 3. The van der Waals surface area contributed by atoms with E-state index in [1.807, 2.05) is 12.3 Å². The lowest BCUT2D eigenvalue weighted by atomic mass is 10.0. The van der Waals surface area contributed by atoms with Gasteiger partial charge in [-0.2, -0.15) is 0 Å². The summed E-state index contributed by atoms with van der Waals surface area (Å²) in [6, 6.07) is 0. The lowest BCUT2D eigenvalue weighted by Gasteiger charge is -2.34. The Kier molecular flexibility index (Phi) is 22.3. The molecule has 7 nitrogen and oxygen atoms in total. The molecule has 7 heteroatoms. The molecule has 36 heavy (non-hydrogen) atoms. The van der Waals surface area contributed by atoms with Crippen LogP contribution >= 0.6 is 0 Å². The summed E-state index contributed by atoms with van der Waals surface area (Å²) in [5.41, 5.74) is 0. The molecular weight excluding hydrogens is 458 g/mol. The Morgan fingerprint density at radius 3 is 1.14 bits per heavy atom. The Labute approximate surface area is 219 Å². The molecule has 0 aliphatic carbocycles. The number of hydrogen-bond acceptors (Lipinski definition) is 3. The topological polar surface area (TPSA) is 112 Å². The van der Waals surface area contributed by atoms with Crippen molar-refractivity contribution in [1.29, 1.82) is 0 Å². The van der Waals surface area contributed by atoms with E-state index < -0.39 is 17.9 Å². The van der Waals surface area contributed by atoms with E-state index in [9.17, 15) is 14.4 Å². The largest absolute Gasteiger partial charge is 0.481 e. The minimum Gasteiger partial charge on any atom is -0.481 e. The molecule has 210 valence electrons. The van der Waals surface area contributed by atoms with Crippen molar-refractivity contribution in [2.24, 2.45) is 0 Å². The van der Waals surface area contributed by atoms with Gasteiger partial charge in [-0.15, -0.1) is 0 Å². The first-order valence-electron chi connectivity index (χ1n) is 14.5. The average molecular weight is 513 g/mol. The molecule has 0 radical (unpaired) electrons. The van der Waals surface area contributed by atoms with E-state index in [0.29, 0.717) is 0 Å². The van der Waals surface area contributed by atoms with Crippen LogP contribution in [-0.2, 0) is 14.4 Å². The molecule has 0 heterocycles. The quantitative estimate of drug-likeness (QED) is 0.0781. The summed E-state index contributed by atoms with van der Waals surface area (Å²) < 4.78 is 0.0871. The van der Waals surface area contributed by atoms with Gasteiger partial charge >= 0.3 is 17.9 Å². The summed E-state index contributed by atoms with van der Waals surface area (Å²) in [6.45, 7) is 2.86. The standard InChI is InChI=1S/C29H53NO6/c1-2-3-4-5-6-7-8-9-10-11-12-13-14-15-16-17-18-19-23-30(24-20-27(31)32,25-21-28(33)34)26-22-29(35)36/h19,23H,2-18,20-22,24-26H2,1H3,(H2-,31,32,33,34,35,36)/p+1/b23-19+. The molecule has 0 amide bonds. The smallest absolute Gasteiger partial charge is 0.309 e. The Morgan fingerprint density at radius 2 is 0.833 bits per heavy atom. The maximum Gasteiger partial charge on any atom is 0.309 e. The zero-order valence-corrected chi connectivity index (χ0v) is 22.9.